The van der Waals surface area contributed by atoms with Gasteiger partial charge in [0.25, 0.3) is 5.69 Å². The lowest BCUT2D eigenvalue weighted by molar-refractivity contribution is -0.384. The molecule has 142 valence electrons. The summed E-state index contributed by atoms with van der Waals surface area (Å²) >= 11 is 1.31. The molecule has 1 aromatic heterocycles. The van der Waals surface area contributed by atoms with Crippen LogP contribution in [0, 0.1) is 21.4 Å². The van der Waals surface area contributed by atoms with Gasteiger partial charge in [0, 0.05) is 36.6 Å². The van der Waals surface area contributed by atoms with Gasteiger partial charge in [-0.3, -0.25) is 19.7 Å². The molecule has 1 aliphatic heterocycles. The normalized spacial score (nSPS) is 13.1. The van der Waals surface area contributed by atoms with Crippen molar-refractivity contribution < 1.29 is 14.5 Å². The Morgan fingerprint density at radius 1 is 1.36 bits per heavy atom. The first-order valence-corrected chi connectivity index (χ1v) is 9.24. The van der Waals surface area contributed by atoms with E-state index in [2.05, 4.69) is 11.4 Å². The van der Waals surface area contributed by atoms with Gasteiger partial charge in [-0.05, 0) is 35.8 Å². The fourth-order valence-electron chi connectivity index (χ4n) is 2.91. The number of hydrogen-bond donors (Lipinski definition) is 1. The molecule has 0 saturated heterocycles. The van der Waals surface area contributed by atoms with Crippen LogP contribution in [0.4, 0.5) is 10.7 Å². The average molecular weight is 396 g/mol. The minimum atomic E-state index is -0.491. The van der Waals surface area contributed by atoms with Gasteiger partial charge in [-0.2, -0.15) is 5.26 Å². The highest BCUT2D eigenvalue weighted by Crippen LogP contribution is 2.36. The number of thiophene rings is 1. The summed E-state index contributed by atoms with van der Waals surface area (Å²) in [4.78, 5) is 36.6. The van der Waals surface area contributed by atoms with E-state index in [1.807, 2.05) is 0 Å². The third-order valence-electron chi connectivity index (χ3n) is 4.38. The number of non-ortho nitro benzene ring substituents is 1. The molecule has 0 bridgehead atoms. The van der Waals surface area contributed by atoms with Crippen molar-refractivity contribution in [2.45, 2.75) is 19.9 Å². The van der Waals surface area contributed by atoms with E-state index in [0.717, 1.165) is 10.4 Å². The molecular weight excluding hydrogens is 380 g/mol. The number of rotatable bonds is 4. The average Bonchev–Trinajstić information content (AvgIpc) is 3.02. The van der Waals surface area contributed by atoms with Crippen LogP contribution in [0.15, 0.2) is 30.3 Å². The molecule has 1 aliphatic rings. The number of carbonyl (C=O) groups is 2. The number of anilines is 1. The van der Waals surface area contributed by atoms with E-state index < -0.39 is 10.8 Å². The number of fused-ring (bicyclic) bond motifs is 1. The number of amides is 2. The zero-order valence-corrected chi connectivity index (χ0v) is 15.8. The first kappa shape index (κ1) is 19.3. The summed E-state index contributed by atoms with van der Waals surface area (Å²) in [6, 6.07) is 7.96. The lowest BCUT2D eigenvalue weighted by Gasteiger charge is -2.25. The fourth-order valence-corrected chi connectivity index (χ4v) is 4.13. The first-order chi connectivity index (χ1) is 13.4. The van der Waals surface area contributed by atoms with Crippen molar-refractivity contribution in [2.24, 2.45) is 0 Å². The van der Waals surface area contributed by atoms with Crippen LogP contribution < -0.4 is 5.32 Å². The van der Waals surface area contributed by atoms with Crippen molar-refractivity contribution in [1.82, 2.24) is 4.90 Å². The standard InChI is InChI=1S/C19H16N4O4S/c1-12(24)22-9-8-15-16(10-20)19(28-17(15)11-22)21-18(25)7-4-13-2-5-14(6-3-13)23(26)27/h2-7H,8-9,11H2,1H3,(H,21,25). The van der Waals surface area contributed by atoms with Crippen molar-refractivity contribution in [3.63, 3.8) is 0 Å². The lowest BCUT2D eigenvalue weighted by atomic mass is 10.0. The zero-order chi connectivity index (χ0) is 20.3. The first-order valence-electron chi connectivity index (χ1n) is 8.42. The SMILES string of the molecule is CC(=O)N1CCc2c(sc(NC(=O)C=Cc3ccc([N+](=O)[O-])cc3)c2C#N)C1. The number of nitro benzene ring substituents is 1. The summed E-state index contributed by atoms with van der Waals surface area (Å²) in [6.07, 6.45) is 3.43. The molecule has 0 atom stereocenters. The quantitative estimate of drug-likeness (QED) is 0.484. The molecule has 2 heterocycles. The lowest BCUT2D eigenvalue weighted by Crippen LogP contribution is -2.33. The molecule has 0 radical (unpaired) electrons. The van der Waals surface area contributed by atoms with Gasteiger partial charge in [0.15, 0.2) is 0 Å². The topological polar surface area (TPSA) is 116 Å². The summed E-state index contributed by atoms with van der Waals surface area (Å²) < 4.78 is 0. The molecule has 0 fully saturated rings. The highest BCUT2D eigenvalue weighted by molar-refractivity contribution is 7.16. The molecule has 2 aromatic rings. The molecule has 0 unspecified atom stereocenters. The molecule has 0 saturated carbocycles. The summed E-state index contributed by atoms with van der Waals surface area (Å²) in [5, 5.41) is 23.3. The Morgan fingerprint density at radius 3 is 2.68 bits per heavy atom. The number of benzene rings is 1. The second-order valence-corrected chi connectivity index (χ2v) is 7.29. The number of carbonyl (C=O) groups excluding carboxylic acids is 2. The molecular formula is C19H16N4O4S. The van der Waals surface area contributed by atoms with Gasteiger partial charge in [0.05, 0.1) is 17.0 Å². The molecule has 8 nitrogen and oxygen atoms in total. The van der Waals surface area contributed by atoms with E-state index >= 15 is 0 Å². The Kier molecular flexibility index (Phi) is 5.52. The summed E-state index contributed by atoms with van der Waals surface area (Å²) in [7, 11) is 0. The van der Waals surface area contributed by atoms with Gasteiger partial charge < -0.3 is 10.2 Å². The Labute approximate surface area is 164 Å². The highest BCUT2D eigenvalue weighted by Gasteiger charge is 2.26. The van der Waals surface area contributed by atoms with Gasteiger partial charge in [-0.25, -0.2) is 0 Å². The van der Waals surface area contributed by atoms with E-state index in [-0.39, 0.29) is 11.6 Å². The minimum Gasteiger partial charge on any atom is -0.337 e. The van der Waals surface area contributed by atoms with E-state index in [1.165, 1.54) is 42.5 Å². The Bertz CT molecular complexity index is 1020. The van der Waals surface area contributed by atoms with Crippen LogP contribution in [-0.2, 0) is 22.6 Å². The third-order valence-corrected chi connectivity index (χ3v) is 5.51. The molecule has 3 rings (SSSR count). The predicted molar refractivity (Wildman–Crippen MR) is 105 cm³/mol. The molecule has 0 aliphatic carbocycles. The predicted octanol–water partition coefficient (Wildman–Crippen LogP) is 3.08. The Hall–Kier alpha value is -3.51. The van der Waals surface area contributed by atoms with Crippen molar-refractivity contribution in [3.05, 3.63) is 62.0 Å². The van der Waals surface area contributed by atoms with Crippen LogP contribution in [0.2, 0.25) is 0 Å². The van der Waals surface area contributed by atoms with Crippen LogP contribution in [0.3, 0.4) is 0 Å². The van der Waals surface area contributed by atoms with Crippen molar-refractivity contribution >= 4 is 39.9 Å². The van der Waals surface area contributed by atoms with Crippen molar-refractivity contribution in [1.29, 1.82) is 5.26 Å². The second-order valence-electron chi connectivity index (χ2n) is 6.18. The monoisotopic (exact) mass is 396 g/mol. The Morgan fingerprint density at radius 2 is 2.07 bits per heavy atom. The van der Waals surface area contributed by atoms with Crippen molar-refractivity contribution in [2.75, 3.05) is 11.9 Å². The van der Waals surface area contributed by atoms with Gasteiger partial charge >= 0.3 is 0 Å². The van der Waals surface area contributed by atoms with E-state index in [1.54, 1.807) is 17.0 Å². The van der Waals surface area contributed by atoms with Gasteiger partial charge in [0.1, 0.15) is 11.1 Å². The van der Waals surface area contributed by atoms with Gasteiger partial charge in [-0.1, -0.05) is 0 Å². The maximum Gasteiger partial charge on any atom is 0.269 e. The smallest absolute Gasteiger partial charge is 0.269 e. The van der Waals surface area contributed by atoms with Gasteiger partial charge in [0.2, 0.25) is 11.8 Å². The Balaban J connectivity index is 1.73. The number of nitriles is 1. The highest BCUT2D eigenvalue weighted by atomic mass is 32.1. The fraction of sp³-hybridized carbons (Fsp3) is 0.211. The van der Waals surface area contributed by atoms with Crippen LogP contribution in [0.5, 0.6) is 0 Å². The third kappa shape index (κ3) is 4.07. The van der Waals surface area contributed by atoms with E-state index in [4.69, 9.17) is 0 Å². The van der Waals surface area contributed by atoms with Crippen LogP contribution in [0.1, 0.15) is 28.5 Å². The van der Waals surface area contributed by atoms with E-state index in [0.29, 0.717) is 35.6 Å². The van der Waals surface area contributed by atoms with Crippen LogP contribution >= 0.6 is 11.3 Å². The van der Waals surface area contributed by atoms with Crippen LogP contribution in [0.25, 0.3) is 6.08 Å². The van der Waals surface area contributed by atoms with Crippen molar-refractivity contribution in [3.8, 4) is 6.07 Å². The van der Waals surface area contributed by atoms with Gasteiger partial charge in [-0.15, -0.1) is 11.3 Å². The summed E-state index contributed by atoms with van der Waals surface area (Å²) in [6.45, 7) is 2.51. The van der Waals surface area contributed by atoms with Crippen LogP contribution in [-0.4, -0.2) is 28.2 Å². The summed E-state index contributed by atoms with van der Waals surface area (Å²) in [5.74, 6) is -0.425. The largest absolute Gasteiger partial charge is 0.337 e. The molecule has 28 heavy (non-hydrogen) atoms. The zero-order valence-electron chi connectivity index (χ0n) is 15.0. The molecule has 1 N–H and O–H groups in total. The number of hydrogen-bond acceptors (Lipinski definition) is 6. The second kappa shape index (κ2) is 8.02. The maximum absolute atomic E-state index is 12.2. The van der Waals surface area contributed by atoms with E-state index in [9.17, 15) is 25.0 Å². The summed E-state index contributed by atoms with van der Waals surface area (Å²) in [5.41, 5.74) is 1.95. The number of nitrogens with one attached hydrogen (secondary N) is 1. The number of nitrogens with zero attached hydrogens (tertiary/aromatic N) is 3. The molecule has 0 spiro atoms. The number of nitro groups is 1. The molecule has 9 heteroatoms. The molecule has 1 aromatic carbocycles. The molecule has 2 amide bonds. The maximum atomic E-state index is 12.2. The minimum absolute atomic E-state index is 0.0193.